The molecule has 2 atom stereocenters. The van der Waals surface area contributed by atoms with Crippen molar-refractivity contribution in [1.82, 2.24) is 4.90 Å². The number of aliphatic hydroxyl groups excluding tert-OH is 1. The van der Waals surface area contributed by atoms with Crippen LogP contribution in [-0.2, 0) is 4.74 Å². The predicted octanol–water partition coefficient (Wildman–Crippen LogP) is 1.72. The zero-order valence-corrected chi connectivity index (χ0v) is 10.1. The van der Waals surface area contributed by atoms with Crippen LogP contribution in [0.25, 0.3) is 0 Å². The van der Waals surface area contributed by atoms with Gasteiger partial charge in [-0.05, 0) is 33.6 Å². The first-order chi connectivity index (χ1) is 7.33. The number of piperidine rings is 1. The number of carbonyl (C=O) groups excluding carboxylic acids is 1. The number of nitrogens with zero attached hydrogens (tertiary/aromatic N) is 1. The third-order valence-electron chi connectivity index (χ3n) is 2.49. The third-order valence-corrected chi connectivity index (χ3v) is 2.49. The van der Waals surface area contributed by atoms with Crippen molar-refractivity contribution < 1.29 is 19.0 Å². The zero-order valence-electron chi connectivity index (χ0n) is 10.1. The molecule has 1 N–H and O–H groups in total. The van der Waals surface area contributed by atoms with Crippen LogP contribution >= 0.6 is 0 Å². The lowest BCUT2D eigenvalue weighted by Gasteiger charge is -2.37. The quantitative estimate of drug-likeness (QED) is 0.750. The lowest BCUT2D eigenvalue weighted by Crippen LogP contribution is -2.50. The van der Waals surface area contributed by atoms with Gasteiger partial charge in [0, 0.05) is 0 Å². The number of alkyl halides is 1. The summed E-state index contributed by atoms with van der Waals surface area (Å²) in [7, 11) is 0. The fourth-order valence-electron chi connectivity index (χ4n) is 1.72. The van der Waals surface area contributed by atoms with Crippen molar-refractivity contribution in [3.8, 4) is 0 Å². The van der Waals surface area contributed by atoms with E-state index in [0.717, 1.165) is 0 Å². The second kappa shape index (κ2) is 4.99. The summed E-state index contributed by atoms with van der Waals surface area (Å²) < 4.78 is 18.4. The Morgan fingerprint density at radius 3 is 2.62 bits per heavy atom. The number of amides is 1. The van der Waals surface area contributed by atoms with Gasteiger partial charge >= 0.3 is 6.09 Å². The summed E-state index contributed by atoms with van der Waals surface area (Å²) in [5.74, 6) is 0. The van der Waals surface area contributed by atoms with Gasteiger partial charge in [-0.15, -0.1) is 0 Å². The number of aliphatic hydroxyl groups is 1. The van der Waals surface area contributed by atoms with Crippen LogP contribution in [0.3, 0.4) is 0 Å². The molecule has 0 aromatic heterocycles. The molecule has 1 amide bonds. The summed E-state index contributed by atoms with van der Waals surface area (Å²) in [5.41, 5.74) is -0.597. The topological polar surface area (TPSA) is 49.8 Å². The Balaban J connectivity index is 2.63. The number of rotatable bonds is 1. The highest BCUT2D eigenvalue weighted by Crippen LogP contribution is 2.21. The van der Waals surface area contributed by atoms with Crippen LogP contribution in [-0.4, -0.2) is 47.1 Å². The van der Waals surface area contributed by atoms with Crippen molar-refractivity contribution in [1.29, 1.82) is 0 Å². The van der Waals surface area contributed by atoms with Crippen LogP contribution in [0.5, 0.6) is 0 Å². The lowest BCUT2D eigenvalue weighted by molar-refractivity contribution is -0.00974. The van der Waals surface area contributed by atoms with Gasteiger partial charge in [-0.2, -0.15) is 0 Å². The molecule has 0 aromatic carbocycles. The van der Waals surface area contributed by atoms with Gasteiger partial charge in [0.25, 0.3) is 0 Å². The van der Waals surface area contributed by atoms with Crippen molar-refractivity contribution in [3.05, 3.63) is 0 Å². The fourth-order valence-corrected chi connectivity index (χ4v) is 1.72. The highest BCUT2D eigenvalue weighted by molar-refractivity contribution is 5.68. The lowest BCUT2D eigenvalue weighted by atomic mass is 10.0. The van der Waals surface area contributed by atoms with Crippen LogP contribution < -0.4 is 0 Å². The predicted molar refractivity (Wildman–Crippen MR) is 57.9 cm³/mol. The molecular weight excluding hydrogens is 213 g/mol. The first kappa shape index (κ1) is 13.2. The van der Waals surface area contributed by atoms with E-state index in [-0.39, 0.29) is 19.2 Å². The van der Waals surface area contributed by atoms with Gasteiger partial charge in [0.15, 0.2) is 0 Å². The first-order valence-electron chi connectivity index (χ1n) is 5.58. The molecule has 2 unspecified atom stereocenters. The molecule has 0 spiro atoms. The summed E-state index contributed by atoms with van der Waals surface area (Å²) in [6.07, 6.45) is -0.689. The molecular formula is C11H20FNO3. The molecule has 1 rings (SSSR count). The Labute approximate surface area is 95.4 Å². The molecule has 0 radical (unpaired) electrons. The molecule has 16 heavy (non-hydrogen) atoms. The SMILES string of the molecule is CC(C)(C)OC(=O)N1CC(F)CCC1CO. The van der Waals surface area contributed by atoms with E-state index in [1.165, 1.54) is 4.90 Å². The Bertz CT molecular complexity index is 252. The molecule has 94 valence electrons. The van der Waals surface area contributed by atoms with Crippen molar-refractivity contribution >= 4 is 6.09 Å². The molecule has 1 fully saturated rings. The van der Waals surface area contributed by atoms with Gasteiger partial charge < -0.3 is 9.84 Å². The van der Waals surface area contributed by atoms with Gasteiger partial charge in [0.05, 0.1) is 19.2 Å². The maximum absolute atomic E-state index is 13.2. The molecule has 0 aliphatic carbocycles. The van der Waals surface area contributed by atoms with E-state index in [0.29, 0.717) is 12.8 Å². The second-order valence-electron chi connectivity index (χ2n) is 5.14. The average molecular weight is 233 g/mol. The van der Waals surface area contributed by atoms with Crippen molar-refractivity contribution in [2.24, 2.45) is 0 Å². The maximum atomic E-state index is 13.2. The second-order valence-corrected chi connectivity index (χ2v) is 5.14. The number of likely N-dealkylation sites (tertiary alicyclic amines) is 1. The number of halogens is 1. The molecule has 0 aromatic rings. The first-order valence-corrected chi connectivity index (χ1v) is 5.58. The maximum Gasteiger partial charge on any atom is 0.410 e. The van der Waals surface area contributed by atoms with E-state index < -0.39 is 17.9 Å². The van der Waals surface area contributed by atoms with Crippen molar-refractivity contribution in [2.45, 2.75) is 51.4 Å². The number of ether oxygens (including phenoxy) is 1. The van der Waals surface area contributed by atoms with Crippen LogP contribution in [0, 0.1) is 0 Å². The van der Waals surface area contributed by atoms with Crippen molar-refractivity contribution in [3.63, 3.8) is 0 Å². The minimum atomic E-state index is -1.02. The molecule has 1 saturated heterocycles. The summed E-state index contributed by atoms with van der Waals surface area (Å²) >= 11 is 0. The van der Waals surface area contributed by atoms with Gasteiger partial charge in [-0.3, -0.25) is 4.90 Å². The normalized spacial score (nSPS) is 26.7. The molecule has 4 nitrogen and oxygen atoms in total. The Morgan fingerprint density at radius 2 is 2.12 bits per heavy atom. The smallest absolute Gasteiger partial charge is 0.410 e. The highest BCUT2D eigenvalue weighted by Gasteiger charge is 2.33. The van der Waals surface area contributed by atoms with E-state index in [2.05, 4.69) is 0 Å². The third kappa shape index (κ3) is 3.63. The molecule has 5 heteroatoms. The molecule has 0 bridgehead atoms. The monoisotopic (exact) mass is 233 g/mol. The average Bonchev–Trinajstić information content (AvgIpc) is 2.15. The van der Waals surface area contributed by atoms with Gasteiger partial charge in [0.1, 0.15) is 11.8 Å². The Hall–Kier alpha value is -0.840. The standard InChI is InChI=1S/C11H20FNO3/c1-11(2,3)16-10(15)13-6-8(12)4-5-9(13)7-14/h8-9,14H,4-7H2,1-3H3. The van der Waals surface area contributed by atoms with Gasteiger partial charge in [-0.25, -0.2) is 9.18 Å². The van der Waals surface area contributed by atoms with E-state index in [4.69, 9.17) is 9.84 Å². The number of carbonyl (C=O) groups is 1. The highest BCUT2D eigenvalue weighted by atomic mass is 19.1. The van der Waals surface area contributed by atoms with Crippen LogP contribution in [0.15, 0.2) is 0 Å². The van der Waals surface area contributed by atoms with E-state index in [1.807, 2.05) is 0 Å². The summed E-state index contributed by atoms with van der Waals surface area (Å²) in [6, 6.07) is -0.318. The van der Waals surface area contributed by atoms with Gasteiger partial charge in [0.2, 0.25) is 0 Å². The minimum absolute atomic E-state index is 0.0140. The molecule has 1 aliphatic rings. The van der Waals surface area contributed by atoms with E-state index in [9.17, 15) is 9.18 Å². The number of hydrogen-bond donors (Lipinski definition) is 1. The fraction of sp³-hybridized carbons (Fsp3) is 0.909. The minimum Gasteiger partial charge on any atom is -0.444 e. The van der Waals surface area contributed by atoms with Crippen LogP contribution in [0.4, 0.5) is 9.18 Å². The largest absolute Gasteiger partial charge is 0.444 e. The van der Waals surface area contributed by atoms with Gasteiger partial charge in [-0.1, -0.05) is 0 Å². The summed E-state index contributed by atoms with van der Waals surface area (Å²) in [4.78, 5) is 13.0. The zero-order chi connectivity index (χ0) is 12.3. The Kier molecular flexibility index (Phi) is 4.13. The van der Waals surface area contributed by atoms with E-state index in [1.54, 1.807) is 20.8 Å². The van der Waals surface area contributed by atoms with Crippen LogP contribution in [0.1, 0.15) is 33.6 Å². The molecule has 1 aliphatic heterocycles. The van der Waals surface area contributed by atoms with Crippen molar-refractivity contribution in [2.75, 3.05) is 13.2 Å². The summed E-state index contributed by atoms with van der Waals surface area (Å²) in [5, 5.41) is 9.12. The van der Waals surface area contributed by atoms with E-state index >= 15 is 0 Å². The molecule has 0 saturated carbocycles. The summed E-state index contributed by atoms with van der Waals surface area (Å²) in [6.45, 7) is 5.15. The number of hydrogen-bond acceptors (Lipinski definition) is 3. The molecule has 1 heterocycles. The van der Waals surface area contributed by atoms with Crippen LogP contribution in [0.2, 0.25) is 0 Å². The Morgan fingerprint density at radius 1 is 1.50 bits per heavy atom.